The Hall–Kier alpha value is -3.27. The van der Waals surface area contributed by atoms with Gasteiger partial charge in [-0.2, -0.15) is 0 Å². The predicted molar refractivity (Wildman–Crippen MR) is 102 cm³/mol. The SMILES string of the molecule is FC(F)(F)Oc1ccc2cc(-c3ccccc3-c3ccccc3)ccc2c1. The van der Waals surface area contributed by atoms with Crippen molar-refractivity contribution in [1.82, 2.24) is 0 Å². The van der Waals surface area contributed by atoms with E-state index in [1.807, 2.05) is 54.6 Å². The Morgan fingerprint density at radius 2 is 1.15 bits per heavy atom. The maximum atomic E-state index is 12.4. The minimum absolute atomic E-state index is 0.215. The average Bonchev–Trinajstić information content (AvgIpc) is 2.67. The van der Waals surface area contributed by atoms with Gasteiger partial charge in [0.2, 0.25) is 0 Å². The van der Waals surface area contributed by atoms with Crippen LogP contribution in [0.4, 0.5) is 13.2 Å². The quantitative estimate of drug-likeness (QED) is 0.378. The fourth-order valence-electron chi connectivity index (χ4n) is 3.19. The number of hydrogen-bond acceptors (Lipinski definition) is 1. The Bertz CT molecular complexity index is 1090. The van der Waals surface area contributed by atoms with Crippen molar-refractivity contribution in [2.24, 2.45) is 0 Å². The molecule has 0 amide bonds. The average molecular weight is 364 g/mol. The molecule has 0 spiro atoms. The third kappa shape index (κ3) is 3.80. The molecule has 0 bridgehead atoms. The molecule has 27 heavy (non-hydrogen) atoms. The minimum Gasteiger partial charge on any atom is -0.406 e. The molecule has 0 N–H and O–H groups in total. The van der Waals surface area contributed by atoms with Crippen molar-refractivity contribution in [3.63, 3.8) is 0 Å². The monoisotopic (exact) mass is 364 g/mol. The van der Waals surface area contributed by atoms with Crippen molar-refractivity contribution in [2.45, 2.75) is 6.36 Å². The van der Waals surface area contributed by atoms with E-state index in [1.165, 1.54) is 12.1 Å². The molecule has 4 aromatic carbocycles. The molecular formula is C23H15F3O. The zero-order chi connectivity index (χ0) is 18.9. The van der Waals surface area contributed by atoms with Crippen LogP contribution in [0.25, 0.3) is 33.0 Å². The molecular weight excluding hydrogens is 349 g/mol. The number of hydrogen-bond donors (Lipinski definition) is 0. The van der Waals surface area contributed by atoms with Crippen molar-refractivity contribution in [3.8, 4) is 28.0 Å². The van der Waals surface area contributed by atoms with E-state index < -0.39 is 6.36 Å². The second-order valence-corrected chi connectivity index (χ2v) is 6.18. The summed E-state index contributed by atoms with van der Waals surface area (Å²) >= 11 is 0. The van der Waals surface area contributed by atoms with Gasteiger partial charge in [-0.15, -0.1) is 13.2 Å². The van der Waals surface area contributed by atoms with Gasteiger partial charge in [-0.3, -0.25) is 0 Å². The van der Waals surface area contributed by atoms with Crippen LogP contribution < -0.4 is 4.74 Å². The summed E-state index contributed by atoms with van der Waals surface area (Å²) in [6.07, 6.45) is -4.69. The Balaban J connectivity index is 1.77. The van der Waals surface area contributed by atoms with Crippen molar-refractivity contribution in [3.05, 3.63) is 91.0 Å². The normalized spacial score (nSPS) is 11.5. The Labute approximate surface area is 154 Å². The molecule has 0 atom stereocenters. The van der Waals surface area contributed by atoms with Gasteiger partial charge < -0.3 is 4.74 Å². The molecule has 0 heterocycles. The first-order valence-corrected chi connectivity index (χ1v) is 8.44. The van der Waals surface area contributed by atoms with Crippen LogP contribution in [0.1, 0.15) is 0 Å². The molecule has 4 aromatic rings. The van der Waals surface area contributed by atoms with Gasteiger partial charge in [-0.05, 0) is 51.2 Å². The number of fused-ring (bicyclic) bond motifs is 1. The van der Waals surface area contributed by atoms with Crippen LogP contribution in [0.15, 0.2) is 91.0 Å². The van der Waals surface area contributed by atoms with Crippen molar-refractivity contribution in [1.29, 1.82) is 0 Å². The van der Waals surface area contributed by atoms with Gasteiger partial charge in [0.1, 0.15) is 5.75 Å². The van der Waals surface area contributed by atoms with Gasteiger partial charge in [0.05, 0.1) is 0 Å². The molecule has 0 unspecified atom stereocenters. The lowest BCUT2D eigenvalue weighted by atomic mass is 9.93. The molecule has 1 nitrogen and oxygen atoms in total. The number of rotatable bonds is 3. The third-order valence-corrected chi connectivity index (χ3v) is 4.37. The zero-order valence-corrected chi connectivity index (χ0v) is 14.2. The molecule has 4 rings (SSSR count). The van der Waals surface area contributed by atoms with Crippen molar-refractivity contribution < 1.29 is 17.9 Å². The second kappa shape index (κ2) is 6.80. The van der Waals surface area contributed by atoms with Crippen LogP contribution in [0, 0.1) is 0 Å². The summed E-state index contributed by atoms with van der Waals surface area (Å²) in [5.41, 5.74) is 4.30. The molecule has 0 fully saturated rings. The highest BCUT2D eigenvalue weighted by atomic mass is 19.4. The maximum Gasteiger partial charge on any atom is 0.573 e. The van der Waals surface area contributed by atoms with Gasteiger partial charge >= 0.3 is 6.36 Å². The van der Waals surface area contributed by atoms with Crippen molar-refractivity contribution >= 4 is 10.8 Å². The van der Waals surface area contributed by atoms with Gasteiger partial charge in [0.15, 0.2) is 0 Å². The highest BCUT2D eigenvalue weighted by molar-refractivity contribution is 5.91. The summed E-state index contributed by atoms with van der Waals surface area (Å²) < 4.78 is 41.2. The molecule has 4 heteroatoms. The molecule has 0 saturated heterocycles. The largest absolute Gasteiger partial charge is 0.573 e. The van der Waals surface area contributed by atoms with Gasteiger partial charge in [0.25, 0.3) is 0 Å². The lowest BCUT2D eigenvalue weighted by Crippen LogP contribution is -2.16. The first-order valence-electron chi connectivity index (χ1n) is 8.44. The van der Waals surface area contributed by atoms with E-state index in [0.717, 1.165) is 27.6 Å². The number of benzene rings is 4. The van der Waals surface area contributed by atoms with Crippen LogP contribution in [0.3, 0.4) is 0 Å². The molecule has 0 saturated carbocycles. The standard InChI is InChI=1S/C23H15F3O/c24-23(25,26)27-20-13-12-17-14-19(11-10-18(17)15-20)22-9-5-4-8-21(22)16-6-2-1-3-7-16/h1-15H. The van der Waals surface area contributed by atoms with E-state index in [9.17, 15) is 13.2 Å². The summed E-state index contributed by atoms with van der Waals surface area (Å²) in [5, 5.41) is 1.54. The number of ether oxygens (including phenoxy) is 1. The first kappa shape index (κ1) is 17.2. The molecule has 0 aliphatic heterocycles. The maximum absolute atomic E-state index is 12.4. The van der Waals surface area contributed by atoms with E-state index in [2.05, 4.69) is 22.9 Å². The fraction of sp³-hybridized carbons (Fsp3) is 0.0435. The zero-order valence-electron chi connectivity index (χ0n) is 14.2. The molecule has 0 radical (unpaired) electrons. The van der Waals surface area contributed by atoms with E-state index in [4.69, 9.17) is 0 Å². The van der Waals surface area contributed by atoms with Crippen LogP contribution in [0.5, 0.6) is 5.75 Å². The predicted octanol–water partition coefficient (Wildman–Crippen LogP) is 7.07. The first-order chi connectivity index (χ1) is 13.0. The smallest absolute Gasteiger partial charge is 0.406 e. The Kier molecular flexibility index (Phi) is 4.32. The molecule has 0 aliphatic rings. The van der Waals surface area contributed by atoms with Gasteiger partial charge in [-0.25, -0.2) is 0 Å². The van der Waals surface area contributed by atoms with Crippen LogP contribution in [0.2, 0.25) is 0 Å². The van der Waals surface area contributed by atoms with E-state index in [1.54, 1.807) is 6.07 Å². The lowest BCUT2D eigenvalue weighted by Gasteiger charge is -2.12. The van der Waals surface area contributed by atoms with Crippen LogP contribution >= 0.6 is 0 Å². The summed E-state index contributed by atoms with van der Waals surface area (Å²) in [7, 11) is 0. The summed E-state index contributed by atoms with van der Waals surface area (Å²) in [4.78, 5) is 0. The third-order valence-electron chi connectivity index (χ3n) is 4.37. The number of halogens is 3. The van der Waals surface area contributed by atoms with Crippen LogP contribution in [-0.4, -0.2) is 6.36 Å². The summed E-state index contributed by atoms with van der Waals surface area (Å²) in [5.74, 6) is -0.215. The second-order valence-electron chi connectivity index (χ2n) is 6.18. The minimum atomic E-state index is -4.69. The van der Waals surface area contributed by atoms with Gasteiger partial charge in [0, 0.05) is 0 Å². The topological polar surface area (TPSA) is 9.23 Å². The van der Waals surface area contributed by atoms with Crippen molar-refractivity contribution in [2.75, 3.05) is 0 Å². The Morgan fingerprint density at radius 3 is 1.85 bits per heavy atom. The van der Waals surface area contributed by atoms with E-state index in [0.29, 0.717) is 5.39 Å². The summed E-state index contributed by atoms with van der Waals surface area (Å²) in [6, 6.07) is 28.3. The molecule has 0 aliphatic carbocycles. The number of alkyl halides is 3. The molecule has 0 aromatic heterocycles. The van der Waals surface area contributed by atoms with E-state index >= 15 is 0 Å². The Morgan fingerprint density at radius 1 is 0.556 bits per heavy atom. The molecule has 134 valence electrons. The van der Waals surface area contributed by atoms with Crippen LogP contribution in [-0.2, 0) is 0 Å². The highest BCUT2D eigenvalue weighted by Crippen LogP contribution is 2.34. The fourth-order valence-corrected chi connectivity index (χ4v) is 3.19. The van der Waals surface area contributed by atoms with E-state index in [-0.39, 0.29) is 5.75 Å². The van der Waals surface area contributed by atoms with Gasteiger partial charge in [-0.1, -0.05) is 72.8 Å². The highest BCUT2D eigenvalue weighted by Gasteiger charge is 2.31. The lowest BCUT2D eigenvalue weighted by molar-refractivity contribution is -0.274. The summed E-state index contributed by atoms with van der Waals surface area (Å²) in [6.45, 7) is 0.